The molecule has 0 aliphatic heterocycles. The summed E-state index contributed by atoms with van der Waals surface area (Å²) in [7, 11) is 3.17. The SMILES string of the molecule is CC(O)CNc1nc(NCCCN(C)C)nc(Nc2ccc(C=Cc3ccc(Nc4nc(NCCCN(C)C)nc(NCC(C)O)n4)cc3S(=O)(=O)O)c(SOOO)c2)n1. The van der Waals surface area contributed by atoms with E-state index in [-0.39, 0.29) is 54.1 Å². The second-order valence-corrected chi connectivity index (χ2v) is 16.2. The molecule has 0 saturated heterocycles. The molecule has 2 aromatic carbocycles. The summed E-state index contributed by atoms with van der Waals surface area (Å²) in [5.74, 6) is 1.26. The lowest BCUT2D eigenvalue weighted by molar-refractivity contribution is -0.432. The molecule has 0 radical (unpaired) electrons. The van der Waals surface area contributed by atoms with Gasteiger partial charge in [0.25, 0.3) is 10.1 Å². The molecule has 0 spiro atoms. The minimum Gasteiger partial charge on any atom is -0.392 e. The summed E-state index contributed by atoms with van der Waals surface area (Å²) >= 11 is 0.672. The molecule has 2 aromatic heterocycles. The summed E-state index contributed by atoms with van der Waals surface area (Å²) < 4.78 is 40.3. The van der Waals surface area contributed by atoms with Crippen LogP contribution in [0.3, 0.4) is 0 Å². The van der Waals surface area contributed by atoms with Crippen LogP contribution >= 0.6 is 12.0 Å². The summed E-state index contributed by atoms with van der Waals surface area (Å²) in [5.41, 5.74) is 1.41. The van der Waals surface area contributed by atoms with Crippen molar-refractivity contribution in [2.24, 2.45) is 0 Å². The lowest BCUT2D eigenvalue weighted by atomic mass is 10.1. The fraction of sp³-hybridized carbons (Fsp3) is 0.444. The molecule has 0 aliphatic rings. The molecule has 328 valence electrons. The monoisotopic (exact) mass is 874 g/mol. The van der Waals surface area contributed by atoms with E-state index < -0.39 is 27.2 Å². The fourth-order valence-electron chi connectivity index (χ4n) is 5.13. The molecule has 0 fully saturated rings. The van der Waals surface area contributed by atoms with Gasteiger partial charge in [-0.25, -0.2) is 5.26 Å². The molecule has 2 atom stereocenters. The van der Waals surface area contributed by atoms with E-state index in [9.17, 15) is 23.2 Å². The highest BCUT2D eigenvalue weighted by atomic mass is 32.2. The predicted octanol–water partition coefficient (Wildman–Crippen LogP) is 3.70. The van der Waals surface area contributed by atoms with Gasteiger partial charge in [0, 0.05) is 42.4 Å². The Hall–Kier alpha value is -5.02. The molecule has 22 nitrogen and oxygen atoms in total. The highest BCUT2D eigenvalue weighted by Crippen LogP contribution is 2.31. The maximum Gasteiger partial charge on any atom is 0.295 e. The van der Waals surface area contributed by atoms with Crippen molar-refractivity contribution in [3.05, 3.63) is 47.5 Å². The van der Waals surface area contributed by atoms with E-state index >= 15 is 0 Å². The first-order valence-corrected chi connectivity index (χ1v) is 21.0. The topological polar surface area (TPSA) is 290 Å². The maximum absolute atomic E-state index is 12.7. The van der Waals surface area contributed by atoms with Gasteiger partial charge in [-0.05, 0) is 103 Å². The average Bonchev–Trinajstić information content (AvgIpc) is 3.18. The Labute approximate surface area is 353 Å². The zero-order valence-electron chi connectivity index (χ0n) is 34.2. The number of hydrogen-bond donors (Lipinski definition) is 10. The van der Waals surface area contributed by atoms with E-state index in [2.05, 4.69) is 71.7 Å². The minimum absolute atomic E-state index is 0.0798. The van der Waals surface area contributed by atoms with E-state index in [0.29, 0.717) is 47.2 Å². The summed E-state index contributed by atoms with van der Waals surface area (Å²) in [6, 6.07) is 9.36. The molecule has 4 aromatic rings. The minimum atomic E-state index is -4.74. The smallest absolute Gasteiger partial charge is 0.295 e. The van der Waals surface area contributed by atoms with E-state index in [0.717, 1.165) is 25.9 Å². The third kappa shape index (κ3) is 16.9. The van der Waals surface area contributed by atoms with Crippen molar-refractivity contribution in [1.29, 1.82) is 0 Å². The normalized spacial score (nSPS) is 12.8. The first-order valence-electron chi connectivity index (χ1n) is 18.8. The number of anilines is 8. The fourth-order valence-corrected chi connectivity index (χ4v) is 6.35. The van der Waals surface area contributed by atoms with Crippen LogP contribution in [0.25, 0.3) is 12.2 Å². The third-order valence-electron chi connectivity index (χ3n) is 7.93. The van der Waals surface area contributed by atoms with Gasteiger partial charge in [-0.3, -0.25) is 4.55 Å². The second kappa shape index (κ2) is 23.7. The van der Waals surface area contributed by atoms with E-state index in [4.69, 9.17) is 9.59 Å². The molecule has 24 heteroatoms. The molecule has 2 unspecified atom stereocenters. The average molecular weight is 875 g/mol. The number of benzene rings is 2. The van der Waals surface area contributed by atoms with Crippen LogP contribution in [-0.2, 0) is 19.5 Å². The van der Waals surface area contributed by atoms with Gasteiger partial charge in [0.05, 0.1) is 24.3 Å². The zero-order valence-corrected chi connectivity index (χ0v) is 35.9. The Bertz CT molecular complexity index is 2110. The largest absolute Gasteiger partial charge is 0.392 e. The molecule has 60 heavy (non-hydrogen) atoms. The lowest BCUT2D eigenvalue weighted by Crippen LogP contribution is -2.19. The van der Waals surface area contributed by atoms with Gasteiger partial charge in [0.15, 0.2) is 0 Å². The van der Waals surface area contributed by atoms with E-state index in [1.54, 1.807) is 44.2 Å². The Morgan fingerprint density at radius 3 is 1.57 bits per heavy atom. The van der Waals surface area contributed by atoms with Crippen LogP contribution in [0, 0.1) is 0 Å². The van der Waals surface area contributed by atoms with Crippen LogP contribution in [0.1, 0.15) is 37.8 Å². The van der Waals surface area contributed by atoms with E-state index in [1.807, 2.05) is 33.1 Å². The zero-order chi connectivity index (χ0) is 43.7. The first kappa shape index (κ1) is 47.7. The molecule has 0 amide bonds. The van der Waals surface area contributed by atoms with Crippen LogP contribution in [0.2, 0.25) is 0 Å². The predicted molar refractivity (Wildman–Crippen MR) is 232 cm³/mol. The lowest BCUT2D eigenvalue weighted by Gasteiger charge is -2.14. The molecule has 2 heterocycles. The first-order chi connectivity index (χ1) is 28.6. The van der Waals surface area contributed by atoms with Gasteiger partial charge in [-0.2, -0.15) is 38.3 Å². The molecular formula is C36H54N14O8S2. The van der Waals surface area contributed by atoms with Gasteiger partial charge in [0.1, 0.15) is 4.90 Å². The van der Waals surface area contributed by atoms with E-state index in [1.165, 1.54) is 18.2 Å². The quantitative estimate of drug-likeness (QED) is 0.0107. The van der Waals surface area contributed by atoms with Crippen LogP contribution in [0.4, 0.5) is 47.1 Å². The van der Waals surface area contributed by atoms with Crippen molar-refractivity contribution in [2.75, 3.05) is 99.4 Å². The summed E-state index contributed by atoms with van der Waals surface area (Å²) in [6.07, 6.45) is 3.40. The Kier molecular flexibility index (Phi) is 18.8. The van der Waals surface area contributed by atoms with Gasteiger partial charge >= 0.3 is 0 Å². The number of nitrogens with zero attached hydrogens (tertiary/aromatic N) is 8. The number of nitrogens with one attached hydrogen (secondary N) is 6. The van der Waals surface area contributed by atoms with Gasteiger partial charge < -0.3 is 51.9 Å². The van der Waals surface area contributed by atoms with Crippen LogP contribution in [0.5, 0.6) is 0 Å². The Morgan fingerprint density at radius 1 is 0.683 bits per heavy atom. The molecule has 4 rings (SSSR count). The molecule has 0 aliphatic carbocycles. The maximum atomic E-state index is 12.7. The molecular weight excluding hydrogens is 821 g/mol. The molecule has 0 saturated carbocycles. The molecule has 10 N–H and O–H groups in total. The van der Waals surface area contributed by atoms with Crippen LogP contribution in [-0.4, -0.2) is 148 Å². The standard InChI is InChI=1S/C36H54N14O8S2/c1-23(51)21-39-33-43-31(37-15-7-17-49(3)4)45-35(47-33)41-27-13-11-25(29(19-27)59-58-57-53)9-10-26-12-14-28(20-30(26)60(54,55)56)42-36-46-32(38-16-8-18-50(5)6)44-34(48-36)40-22-24(2)52/h9-14,19-20,23-24,51-53H,7-8,15-18,21-22H2,1-6H3,(H,54,55,56)(H3,37,39,41,43,45,47)(H3,38,40,42,44,46,48). The summed E-state index contributed by atoms with van der Waals surface area (Å²) in [5, 5.41) is 50.7. The number of aromatic nitrogens is 6. The van der Waals surface area contributed by atoms with Crippen LogP contribution in [0.15, 0.2) is 46.2 Å². The van der Waals surface area contributed by atoms with Gasteiger partial charge in [0.2, 0.25) is 35.7 Å². The van der Waals surface area contributed by atoms with Crippen molar-refractivity contribution < 1.29 is 37.8 Å². The second-order valence-electron chi connectivity index (χ2n) is 14.0. The molecule has 0 bridgehead atoms. The summed E-state index contributed by atoms with van der Waals surface area (Å²) in [4.78, 5) is 30.6. The Balaban J connectivity index is 1.59. The van der Waals surface area contributed by atoms with Crippen molar-refractivity contribution in [3.8, 4) is 0 Å². The van der Waals surface area contributed by atoms with Gasteiger partial charge in [-0.1, -0.05) is 29.3 Å². The Morgan fingerprint density at radius 2 is 1.12 bits per heavy atom. The highest BCUT2D eigenvalue weighted by Gasteiger charge is 2.17. The van der Waals surface area contributed by atoms with Crippen molar-refractivity contribution in [2.45, 2.75) is 48.7 Å². The van der Waals surface area contributed by atoms with Crippen molar-refractivity contribution in [1.82, 2.24) is 39.7 Å². The van der Waals surface area contributed by atoms with Gasteiger partial charge in [-0.15, -0.1) is 4.33 Å². The highest BCUT2D eigenvalue weighted by molar-refractivity contribution is 7.94. The summed E-state index contributed by atoms with van der Waals surface area (Å²) in [6.45, 7) is 6.51. The van der Waals surface area contributed by atoms with Crippen LogP contribution < -0.4 is 31.9 Å². The van der Waals surface area contributed by atoms with Crippen molar-refractivity contribution >= 4 is 81.4 Å². The third-order valence-corrected chi connectivity index (χ3v) is 9.50. The number of rotatable bonds is 26. The number of aliphatic hydroxyl groups is 2. The number of hydrogen-bond acceptors (Lipinski definition) is 22. The van der Waals surface area contributed by atoms with Crippen molar-refractivity contribution in [3.63, 3.8) is 0 Å². The number of aliphatic hydroxyl groups excluding tert-OH is 2.